The highest BCUT2D eigenvalue weighted by atomic mass is 16.4. The van der Waals surface area contributed by atoms with E-state index in [1.165, 1.54) is 0 Å². The van der Waals surface area contributed by atoms with Crippen LogP contribution in [0.5, 0.6) is 0 Å². The summed E-state index contributed by atoms with van der Waals surface area (Å²) in [7, 11) is 0. The molecule has 18 heavy (non-hydrogen) atoms. The Balaban J connectivity index is 2.20. The monoisotopic (exact) mass is 251 g/mol. The fourth-order valence-electron chi connectivity index (χ4n) is 2.15. The van der Waals surface area contributed by atoms with Crippen molar-refractivity contribution in [2.75, 3.05) is 0 Å². The number of carbonyl (C=O) groups excluding carboxylic acids is 1. The first kappa shape index (κ1) is 12.7. The van der Waals surface area contributed by atoms with E-state index in [1.54, 1.807) is 26.8 Å². The normalized spacial score (nSPS) is 18.2. The van der Waals surface area contributed by atoms with E-state index in [1.807, 2.05) is 0 Å². The van der Waals surface area contributed by atoms with Crippen molar-refractivity contribution < 1.29 is 19.1 Å². The van der Waals surface area contributed by atoms with Crippen LogP contribution in [0.3, 0.4) is 0 Å². The van der Waals surface area contributed by atoms with Crippen molar-refractivity contribution in [2.45, 2.75) is 39.2 Å². The van der Waals surface area contributed by atoms with Crippen LogP contribution in [0.1, 0.15) is 41.6 Å². The van der Waals surface area contributed by atoms with Gasteiger partial charge in [0.1, 0.15) is 17.1 Å². The van der Waals surface area contributed by atoms with Crippen molar-refractivity contribution in [3.8, 4) is 0 Å². The first-order chi connectivity index (χ1) is 8.34. The number of hydrogen-bond acceptors (Lipinski definition) is 3. The van der Waals surface area contributed by atoms with Gasteiger partial charge in [0.05, 0.1) is 5.56 Å². The molecule has 1 amide bonds. The quantitative estimate of drug-likeness (QED) is 0.856. The predicted molar refractivity (Wildman–Crippen MR) is 64.4 cm³/mol. The summed E-state index contributed by atoms with van der Waals surface area (Å²) in [6, 6.07) is 1.62. The first-order valence-corrected chi connectivity index (χ1v) is 5.97. The topological polar surface area (TPSA) is 79.5 Å². The molecule has 0 aromatic carbocycles. The summed E-state index contributed by atoms with van der Waals surface area (Å²) >= 11 is 0. The lowest BCUT2D eigenvalue weighted by Crippen LogP contribution is -2.54. The predicted octanol–water partition coefficient (Wildman–Crippen LogP) is 1.88. The van der Waals surface area contributed by atoms with Crippen LogP contribution in [0, 0.1) is 19.8 Å². The van der Waals surface area contributed by atoms with E-state index in [-0.39, 0.29) is 11.8 Å². The number of carboxylic acid groups (broad SMARTS) is 1. The number of aliphatic carboxylic acids is 1. The van der Waals surface area contributed by atoms with Crippen molar-refractivity contribution in [1.29, 1.82) is 0 Å². The van der Waals surface area contributed by atoms with Crippen molar-refractivity contribution >= 4 is 11.9 Å². The molecule has 1 heterocycles. The number of carboxylic acids is 1. The van der Waals surface area contributed by atoms with Gasteiger partial charge in [-0.3, -0.25) is 4.79 Å². The third-order valence-electron chi connectivity index (χ3n) is 3.50. The van der Waals surface area contributed by atoms with E-state index in [0.29, 0.717) is 17.1 Å². The van der Waals surface area contributed by atoms with E-state index < -0.39 is 11.5 Å². The molecule has 1 aliphatic rings. The van der Waals surface area contributed by atoms with Crippen LogP contribution in [0.4, 0.5) is 0 Å². The summed E-state index contributed by atoms with van der Waals surface area (Å²) in [6.45, 7) is 5.01. The van der Waals surface area contributed by atoms with Crippen LogP contribution >= 0.6 is 0 Å². The summed E-state index contributed by atoms with van der Waals surface area (Å²) in [4.78, 5) is 23.4. The molecule has 1 aromatic rings. The minimum atomic E-state index is -1.19. The Morgan fingerprint density at radius 3 is 2.44 bits per heavy atom. The Labute approximate surface area is 105 Å². The third kappa shape index (κ3) is 2.12. The maximum absolute atomic E-state index is 12.1. The van der Waals surface area contributed by atoms with Gasteiger partial charge in [-0.1, -0.05) is 0 Å². The van der Waals surface area contributed by atoms with Gasteiger partial charge >= 0.3 is 5.97 Å². The van der Waals surface area contributed by atoms with Gasteiger partial charge in [-0.25, -0.2) is 4.79 Å². The van der Waals surface area contributed by atoms with Crippen molar-refractivity contribution in [2.24, 2.45) is 5.92 Å². The number of aryl methyl sites for hydroxylation is 2. The maximum atomic E-state index is 12.1. The number of rotatable bonds is 4. The van der Waals surface area contributed by atoms with Gasteiger partial charge in [-0.05, 0) is 45.6 Å². The molecule has 1 saturated carbocycles. The largest absolute Gasteiger partial charge is 0.480 e. The highest BCUT2D eigenvalue weighted by molar-refractivity contribution is 5.98. The Hall–Kier alpha value is -1.78. The van der Waals surface area contributed by atoms with Gasteiger partial charge in [0, 0.05) is 0 Å². The van der Waals surface area contributed by atoms with Crippen molar-refractivity contribution in [1.82, 2.24) is 5.32 Å². The number of furan rings is 1. The van der Waals surface area contributed by atoms with Gasteiger partial charge in [-0.2, -0.15) is 0 Å². The van der Waals surface area contributed by atoms with Crippen LogP contribution in [-0.4, -0.2) is 22.5 Å². The molecule has 5 nitrogen and oxygen atoms in total. The highest BCUT2D eigenvalue weighted by Crippen LogP contribution is 2.40. The van der Waals surface area contributed by atoms with Crippen molar-refractivity contribution in [3.05, 3.63) is 23.2 Å². The zero-order chi connectivity index (χ0) is 13.5. The molecule has 98 valence electrons. The molecule has 1 unspecified atom stereocenters. The summed E-state index contributed by atoms with van der Waals surface area (Å²) in [6.07, 6.45) is 1.68. The maximum Gasteiger partial charge on any atom is 0.329 e. The average molecular weight is 251 g/mol. The molecule has 2 N–H and O–H groups in total. The lowest BCUT2D eigenvalue weighted by atomic mass is 9.95. The van der Waals surface area contributed by atoms with Crippen LogP contribution in [0.2, 0.25) is 0 Å². The lowest BCUT2D eigenvalue weighted by molar-refractivity contribution is -0.144. The van der Waals surface area contributed by atoms with Gasteiger partial charge < -0.3 is 14.8 Å². The Morgan fingerprint density at radius 2 is 2.06 bits per heavy atom. The molecule has 1 aromatic heterocycles. The second kappa shape index (κ2) is 4.15. The van der Waals surface area contributed by atoms with E-state index >= 15 is 0 Å². The number of carbonyl (C=O) groups is 2. The zero-order valence-corrected chi connectivity index (χ0v) is 10.7. The van der Waals surface area contributed by atoms with E-state index in [4.69, 9.17) is 4.42 Å². The minimum absolute atomic E-state index is 0.0206. The number of hydrogen-bond donors (Lipinski definition) is 2. The Morgan fingerprint density at radius 1 is 1.44 bits per heavy atom. The van der Waals surface area contributed by atoms with Crippen LogP contribution in [0.15, 0.2) is 10.5 Å². The summed E-state index contributed by atoms with van der Waals surface area (Å²) in [5, 5.41) is 11.9. The van der Waals surface area contributed by atoms with Gasteiger partial charge in [-0.15, -0.1) is 0 Å². The second-order valence-electron chi connectivity index (χ2n) is 5.06. The average Bonchev–Trinajstić information content (AvgIpc) is 3.04. The fraction of sp³-hybridized carbons (Fsp3) is 0.538. The fourth-order valence-corrected chi connectivity index (χ4v) is 2.15. The molecule has 1 atom stereocenters. The third-order valence-corrected chi connectivity index (χ3v) is 3.50. The number of amides is 1. The SMILES string of the molecule is Cc1cc(C(=O)NC(C)(C(=O)O)C2CC2)c(C)o1. The molecular weight excluding hydrogens is 234 g/mol. The highest BCUT2D eigenvalue weighted by Gasteiger charge is 2.48. The lowest BCUT2D eigenvalue weighted by Gasteiger charge is -2.25. The van der Waals surface area contributed by atoms with Crippen LogP contribution in [0.25, 0.3) is 0 Å². The number of nitrogens with one attached hydrogen (secondary N) is 1. The molecule has 1 fully saturated rings. The van der Waals surface area contributed by atoms with E-state index in [2.05, 4.69) is 5.32 Å². The van der Waals surface area contributed by atoms with Crippen LogP contribution < -0.4 is 5.32 Å². The molecule has 5 heteroatoms. The summed E-state index contributed by atoms with van der Waals surface area (Å²) in [5.74, 6) is -0.209. The van der Waals surface area contributed by atoms with E-state index in [0.717, 1.165) is 12.8 Å². The second-order valence-corrected chi connectivity index (χ2v) is 5.06. The Bertz CT molecular complexity index is 501. The van der Waals surface area contributed by atoms with Gasteiger partial charge in [0.2, 0.25) is 0 Å². The molecule has 0 aliphatic heterocycles. The smallest absolute Gasteiger partial charge is 0.329 e. The summed E-state index contributed by atoms with van der Waals surface area (Å²) < 4.78 is 5.28. The van der Waals surface area contributed by atoms with Crippen molar-refractivity contribution in [3.63, 3.8) is 0 Å². The molecule has 0 bridgehead atoms. The standard InChI is InChI=1S/C13H17NO4/c1-7-6-10(8(2)18-7)11(15)14-13(3,12(16)17)9-4-5-9/h6,9H,4-5H2,1-3H3,(H,14,15)(H,16,17). The molecule has 0 radical (unpaired) electrons. The van der Waals surface area contributed by atoms with E-state index in [9.17, 15) is 14.7 Å². The molecule has 1 aliphatic carbocycles. The zero-order valence-electron chi connectivity index (χ0n) is 10.7. The molecule has 0 spiro atoms. The molecule has 0 saturated heterocycles. The minimum Gasteiger partial charge on any atom is -0.480 e. The Kier molecular flexibility index (Phi) is 2.92. The molecule has 2 rings (SSSR count). The van der Waals surface area contributed by atoms with Gasteiger partial charge in [0.15, 0.2) is 0 Å². The van der Waals surface area contributed by atoms with Crippen LogP contribution in [-0.2, 0) is 4.79 Å². The first-order valence-electron chi connectivity index (χ1n) is 5.97. The van der Waals surface area contributed by atoms with Gasteiger partial charge in [0.25, 0.3) is 5.91 Å². The summed E-state index contributed by atoms with van der Waals surface area (Å²) in [5.41, 5.74) is -0.782. The molecular formula is C13H17NO4.